The zero-order valence-electron chi connectivity index (χ0n) is 15.1. The summed E-state index contributed by atoms with van der Waals surface area (Å²) in [5.41, 5.74) is 2.73. The van der Waals surface area contributed by atoms with Crippen molar-refractivity contribution in [2.24, 2.45) is 0 Å². The lowest BCUT2D eigenvalue weighted by molar-refractivity contribution is -0.111. The Labute approximate surface area is 159 Å². The highest BCUT2D eigenvalue weighted by atomic mass is 16.5. The zero-order chi connectivity index (χ0) is 18.9. The standard InChI is InChI=1S/C23H21NO3/c1-26-22-9-5-8-20(16-22)24-23(25)15-12-18-10-13-21(14-11-18)27-17-19-6-3-2-4-7-19/h2-16H,17H2,1H3,(H,24,25). The molecule has 0 unspecified atom stereocenters. The first-order chi connectivity index (χ1) is 13.2. The van der Waals surface area contributed by atoms with Gasteiger partial charge in [-0.05, 0) is 41.5 Å². The molecule has 0 aliphatic carbocycles. The lowest BCUT2D eigenvalue weighted by atomic mass is 10.2. The molecule has 0 aliphatic heterocycles. The summed E-state index contributed by atoms with van der Waals surface area (Å²) in [7, 11) is 1.59. The van der Waals surface area contributed by atoms with Crippen LogP contribution in [0.1, 0.15) is 11.1 Å². The maximum absolute atomic E-state index is 12.0. The molecule has 4 heteroatoms. The molecular formula is C23H21NO3. The number of anilines is 1. The van der Waals surface area contributed by atoms with Crippen LogP contribution in [0.2, 0.25) is 0 Å². The Morgan fingerprint density at radius 2 is 1.70 bits per heavy atom. The van der Waals surface area contributed by atoms with Gasteiger partial charge in [-0.25, -0.2) is 0 Å². The number of rotatable bonds is 7. The topological polar surface area (TPSA) is 47.6 Å². The summed E-state index contributed by atoms with van der Waals surface area (Å²) in [6, 6.07) is 24.9. The van der Waals surface area contributed by atoms with Crippen molar-refractivity contribution in [3.05, 3.63) is 96.1 Å². The largest absolute Gasteiger partial charge is 0.497 e. The summed E-state index contributed by atoms with van der Waals surface area (Å²) in [5, 5.41) is 2.81. The van der Waals surface area contributed by atoms with E-state index in [-0.39, 0.29) is 5.91 Å². The van der Waals surface area contributed by atoms with Gasteiger partial charge in [0.2, 0.25) is 5.91 Å². The third-order valence-corrected chi connectivity index (χ3v) is 3.89. The predicted octanol–water partition coefficient (Wildman–Crippen LogP) is 4.93. The fourth-order valence-corrected chi connectivity index (χ4v) is 2.47. The van der Waals surface area contributed by atoms with Crippen LogP contribution in [0.25, 0.3) is 6.08 Å². The first kappa shape index (κ1) is 18.3. The van der Waals surface area contributed by atoms with Crippen LogP contribution in [-0.4, -0.2) is 13.0 Å². The van der Waals surface area contributed by atoms with E-state index in [1.54, 1.807) is 19.3 Å². The number of benzene rings is 3. The first-order valence-electron chi connectivity index (χ1n) is 8.63. The maximum atomic E-state index is 12.0. The second kappa shape index (κ2) is 9.25. The van der Waals surface area contributed by atoms with E-state index in [9.17, 15) is 4.79 Å². The van der Waals surface area contributed by atoms with E-state index in [0.29, 0.717) is 18.0 Å². The molecule has 27 heavy (non-hydrogen) atoms. The molecule has 0 bridgehead atoms. The second-order valence-corrected chi connectivity index (χ2v) is 5.90. The minimum Gasteiger partial charge on any atom is -0.497 e. The SMILES string of the molecule is COc1cccc(NC(=O)C=Cc2ccc(OCc3ccccc3)cc2)c1. The average Bonchev–Trinajstić information content (AvgIpc) is 2.72. The predicted molar refractivity (Wildman–Crippen MR) is 108 cm³/mol. The number of nitrogens with one attached hydrogen (secondary N) is 1. The highest BCUT2D eigenvalue weighted by Crippen LogP contribution is 2.17. The molecule has 0 atom stereocenters. The van der Waals surface area contributed by atoms with Crippen molar-refractivity contribution in [2.75, 3.05) is 12.4 Å². The summed E-state index contributed by atoms with van der Waals surface area (Å²) >= 11 is 0. The van der Waals surface area contributed by atoms with Crippen LogP contribution in [0.4, 0.5) is 5.69 Å². The van der Waals surface area contributed by atoms with Crippen LogP contribution in [0.3, 0.4) is 0 Å². The molecule has 3 aromatic rings. The van der Waals surface area contributed by atoms with Gasteiger partial charge >= 0.3 is 0 Å². The molecule has 0 aromatic heterocycles. The summed E-state index contributed by atoms with van der Waals surface area (Å²) in [4.78, 5) is 12.0. The second-order valence-electron chi connectivity index (χ2n) is 5.90. The third-order valence-electron chi connectivity index (χ3n) is 3.89. The summed E-state index contributed by atoms with van der Waals surface area (Å²) in [6.45, 7) is 0.527. The van der Waals surface area contributed by atoms with E-state index < -0.39 is 0 Å². The van der Waals surface area contributed by atoms with Crippen molar-refractivity contribution in [2.45, 2.75) is 6.61 Å². The van der Waals surface area contributed by atoms with Crippen molar-refractivity contribution in [3.63, 3.8) is 0 Å². The third kappa shape index (κ3) is 5.75. The summed E-state index contributed by atoms with van der Waals surface area (Å²) < 4.78 is 10.9. The van der Waals surface area contributed by atoms with Gasteiger partial charge in [-0.1, -0.05) is 48.5 Å². The molecule has 0 saturated heterocycles. The maximum Gasteiger partial charge on any atom is 0.248 e. The summed E-state index contributed by atoms with van der Waals surface area (Å²) in [6.07, 6.45) is 3.26. The van der Waals surface area contributed by atoms with Gasteiger partial charge in [-0.15, -0.1) is 0 Å². The van der Waals surface area contributed by atoms with Crippen LogP contribution < -0.4 is 14.8 Å². The Kier molecular flexibility index (Phi) is 6.26. The van der Waals surface area contributed by atoms with Gasteiger partial charge in [0.1, 0.15) is 18.1 Å². The van der Waals surface area contributed by atoms with Crippen LogP contribution in [0.5, 0.6) is 11.5 Å². The molecule has 0 radical (unpaired) electrons. The van der Waals surface area contributed by atoms with Crippen LogP contribution in [0, 0.1) is 0 Å². The summed E-state index contributed by atoms with van der Waals surface area (Å²) in [5.74, 6) is 1.28. The van der Waals surface area contributed by atoms with E-state index >= 15 is 0 Å². The number of amides is 1. The van der Waals surface area contributed by atoms with Crippen molar-refractivity contribution in [1.82, 2.24) is 0 Å². The van der Waals surface area contributed by atoms with E-state index in [1.165, 1.54) is 6.08 Å². The fraction of sp³-hybridized carbons (Fsp3) is 0.0870. The zero-order valence-corrected chi connectivity index (χ0v) is 15.1. The van der Waals surface area contributed by atoms with E-state index in [1.807, 2.05) is 72.8 Å². The van der Waals surface area contributed by atoms with Gasteiger partial charge < -0.3 is 14.8 Å². The van der Waals surface area contributed by atoms with Gasteiger partial charge in [0, 0.05) is 17.8 Å². The molecule has 0 spiro atoms. The first-order valence-corrected chi connectivity index (χ1v) is 8.63. The molecule has 4 nitrogen and oxygen atoms in total. The Hall–Kier alpha value is -3.53. The number of ether oxygens (including phenoxy) is 2. The molecule has 0 aliphatic rings. The van der Waals surface area contributed by atoms with Crippen molar-refractivity contribution < 1.29 is 14.3 Å². The van der Waals surface area contributed by atoms with E-state index in [2.05, 4.69) is 5.32 Å². The number of carbonyl (C=O) groups excluding carboxylic acids is 1. The van der Waals surface area contributed by atoms with Gasteiger partial charge in [0.05, 0.1) is 7.11 Å². The number of carbonyl (C=O) groups is 1. The Bertz CT molecular complexity index is 902. The Morgan fingerprint density at radius 3 is 2.44 bits per heavy atom. The lowest BCUT2D eigenvalue weighted by Gasteiger charge is -2.06. The van der Waals surface area contributed by atoms with E-state index in [4.69, 9.17) is 9.47 Å². The van der Waals surface area contributed by atoms with Crippen molar-refractivity contribution >= 4 is 17.7 Å². The Balaban J connectivity index is 1.53. The number of hydrogen-bond acceptors (Lipinski definition) is 3. The monoisotopic (exact) mass is 359 g/mol. The molecule has 3 aromatic carbocycles. The molecule has 1 N–H and O–H groups in total. The van der Waals surface area contributed by atoms with E-state index in [0.717, 1.165) is 16.9 Å². The quantitative estimate of drug-likeness (QED) is 0.609. The van der Waals surface area contributed by atoms with Crippen LogP contribution in [0.15, 0.2) is 84.9 Å². The normalized spacial score (nSPS) is 10.6. The van der Waals surface area contributed by atoms with Crippen LogP contribution >= 0.6 is 0 Å². The highest BCUT2D eigenvalue weighted by Gasteiger charge is 2.00. The van der Waals surface area contributed by atoms with Gasteiger partial charge in [0.15, 0.2) is 0 Å². The van der Waals surface area contributed by atoms with Gasteiger partial charge in [0.25, 0.3) is 0 Å². The van der Waals surface area contributed by atoms with Crippen LogP contribution in [-0.2, 0) is 11.4 Å². The lowest BCUT2D eigenvalue weighted by Crippen LogP contribution is -2.07. The molecule has 0 heterocycles. The van der Waals surface area contributed by atoms with Crippen molar-refractivity contribution in [1.29, 1.82) is 0 Å². The molecule has 136 valence electrons. The van der Waals surface area contributed by atoms with Gasteiger partial charge in [-0.2, -0.15) is 0 Å². The fourth-order valence-electron chi connectivity index (χ4n) is 2.47. The minimum atomic E-state index is -0.201. The Morgan fingerprint density at radius 1 is 0.926 bits per heavy atom. The number of hydrogen-bond donors (Lipinski definition) is 1. The van der Waals surface area contributed by atoms with Gasteiger partial charge in [-0.3, -0.25) is 4.79 Å². The molecule has 0 fully saturated rings. The highest BCUT2D eigenvalue weighted by molar-refractivity contribution is 6.02. The minimum absolute atomic E-state index is 0.201. The van der Waals surface area contributed by atoms with Crippen molar-refractivity contribution in [3.8, 4) is 11.5 Å². The smallest absolute Gasteiger partial charge is 0.248 e. The molecular weight excluding hydrogens is 338 g/mol. The molecule has 1 amide bonds. The molecule has 0 saturated carbocycles. The average molecular weight is 359 g/mol. The number of methoxy groups -OCH3 is 1. The molecule has 3 rings (SSSR count).